The predicted molar refractivity (Wildman–Crippen MR) is 179 cm³/mol. The summed E-state index contributed by atoms with van der Waals surface area (Å²) in [6.07, 6.45) is 7.66. The van der Waals surface area contributed by atoms with E-state index in [0.29, 0.717) is 22.3 Å². The molecule has 0 radical (unpaired) electrons. The van der Waals surface area contributed by atoms with Gasteiger partial charge in [-0.05, 0) is 123 Å². The van der Waals surface area contributed by atoms with Crippen molar-refractivity contribution in [1.82, 2.24) is 19.8 Å². The fraction of sp³-hybridized carbons (Fsp3) is 0.438. The van der Waals surface area contributed by atoms with Crippen molar-refractivity contribution in [1.29, 1.82) is 0 Å². The molecule has 2 aromatic carbocycles. The minimum Gasteiger partial charge on any atom is -0.495 e. The first-order chi connectivity index (χ1) is 20.0. The zero-order chi connectivity index (χ0) is 30.0. The van der Waals surface area contributed by atoms with Crippen molar-refractivity contribution < 1.29 is 9.30 Å². The molecule has 1 saturated heterocycles. The second kappa shape index (κ2) is 12.9. The molecule has 0 aliphatic carbocycles. The average molecular weight is 654 g/mol. The lowest BCUT2D eigenvalue weighted by Gasteiger charge is -2.38. The van der Waals surface area contributed by atoms with Crippen LogP contribution in [0.1, 0.15) is 36.0 Å². The summed E-state index contributed by atoms with van der Waals surface area (Å²) < 4.78 is 19.5. The highest BCUT2D eigenvalue weighted by Gasteiger charge is 2.25. The fourth-order valence-corrected chi connectivity index (χ4v) is 7.39. The van der Waals surface area contributed by atoms with E-state index in [1.807, 2.05) is 25.1 Å². The number of nitrogens with zero attached hydrogens (tertiary/aromatic N) is 4. The molecule has 0 unspecified atom stereocenters. The molecule has 42 heavy (non-hydrogen) atoms. The van der Waals surface area contributed by atoms with E-state index in [-0.39, 0.29) is 0 Å². The lowest BCUT2D eigenvalue weighted by molar-refractivity contribution is 0.131. The van der Waals surface area contributed by atoms with Crippen LogP contribution in [0.2, 0.25) is 0 Å². The molecule has 3 aromatic rings. The van der Waals surface area contributed by atoms with E-state index < -0.39 is 7.14 Å². The molecule has 1 aromatic heterocycles. The summed E-state index contributed by atoms with van der Waals surface area (Å²) in [6.45, 7) is 12.2. The summed E-state index contributed by atoms with van der Waals surface area (Å²) >= 11 is 3.57. The molecule has 3 heterocycles. The van der Waals surface area contributed by atoms with E-state index in [0.717, 1.165) is 47.5 Å². The average Bonchev–Trinajstić information content (AvgIpc) is 2.96. The van der Waals surface area contributed by atoms with Gasteiger partial charge in [-0.25, -0.2) is 4.98 Å². The number of aryl methyl sites for hydroxylation is 2. The monoisotopic (exact) mass is 652 g/mol. The number of methoxy groups -OCH3 is 1. The number of likely N-dealkylation sites (tertiary alicyclic amines) is 1. The number of ether oxygens (including phenoxy) is 1. The molecule has 2 N–H and O–H groups in total. The number of nitrogens with one attached hydrogen (secondary N) is 2. The SMILES string of the molecule is COc1cc(C2=CCN(C3CCN(C)CC3)CC2)c(C)cc1Nc1ncc(Br)c(Nc2ccc(C)cc2P(C)(C)=O)n1. The van der Waals surface area contributed by atoms with Gasteiger partial charge in [0.25, 0.3) is 0 Å². The van der Waals surface area contributed by atoms with Crippen LogP contribution in [0.15, 0.2) is 47.1 Å². The van der Waals surface area contributed by atoms with E-state index in [4.69, 9.17) is 9.72 Å². The van der Waals surface area contributed by atoms with Gasteiger partial charge in [0.15, 0.2) is 0 Å². The molecule has 0 amide bonds. The van der Waals surface area contributed by atoms with Crippen LogP contribution in [0.4, 0.5) is 23.1 Å². The number of rotatable bonds is 8. The van der Waals surface area contributed by atoms with Gasteiger partial charge in [0.2, 0.25) is 5.95 Å². The van der Waals surface area contributed by atoms with Crippen LogP contribution in [-0.2, 0) is 4.57 Å². The number of hydrogen-bond acceptors (Lipinski definition) is 8. The number of benzene rings is 2. The molecule has 0 bridgehead atoms. The Bertz CT molecular complexity index is 1530. The number of hydrogen-bond donors (Lipinski definition) is 2. The Labute approximate surface area is 258 Å². The van der Waals surface area contributed by atoms with Gasteiger partial charge in [0.05, 0.1) is 23.0 Å². The first-order valence-corrected chi connectivity index (χ1v) is 17.9. The van der Waals surface area contributed by atoms with Gasteiger partial charge in [-0.3, -0.25) is 4.90 Å². The van der Waals surface area contributed by atoms with Crippen molar-refractivity contribution in [2.24, 2.45) is 0 Å². The normalized spacial score (nSPS) is 17.2. The Morgan fingerprint density at radius 3 is 2.48 bits per heavy atom. The Morgan fingerprint density at radius 2 is 1.81 bits per heavy atom. The van der Waals surface area contributed by atoms with Gasteiger partial charge in [0.1, 0.15) is 18.7 Å². The minimum absolute atomic E-state index is 0.432. The zero-order valence-corrected chi connectivity index (χ0v) is 28.0. The molecular weight excluding hydrogens is 611 g/mol. The molecular formula is C32H42BrN6O2P. The molecule has 8 nitrogen and oxygen atoms in total. The van der Waals surface area contributed by atoms with Gasteiger partial charge in [-0.15, -0.1) is 0 Å². The molecule has 2 aliphatic rings. The van der Waals surface area contributed by atoms with Crippen molar-refractivity contribution >= 4 is 57.1 Å². The maximum Gasteiger partial charge on any atom is 0.229 e. The van der Waals surface area contributed by atoms with Crippen molar-refractivity contribution in [3.63, 3.8) is 0 Å². The van der Waals surface area contributed by atoms with Crippen LogP contribution in [0, 0.1) is 13.8 Å². The Balaban J connectivity index is 1.35. The maximum absolute atomic E-state index is 13.0. The van der Waals surface area contributed by atoms with Gasteiger partial charge >= 0.3 is 0 Å². The molecule has 0 saturated carbocycles. The summed E-state index contributed by atoms with van der Waals surface area (Å²) in [7, 11) is 1.40. The standard InChI is InChI=1S/C32H42BrN6O2P/c1-21-7-8-27(30(17-21)42(5,6)40)35-31-26(33)20-34-32(37-31)36-28-18-22(2)25(19-29(28)41-4)23-9-15-39(16-10-23)24-11-13-38(3)14-12-24/h7-9,17-20,24H,10-16H2,1-6H3,(H2,34,35,36,37). The van der Waals surface area contributed by atoms with Crippen molar-refractivity contribution in [3.8, 4) is 5.75 Å². The van der Waals surface area contributed by atoms with E-state index in [9.17, 15) is 4.57 Å². The summed E-state index contributed by atoms with van der Waals surface area (Å²) in [6, 6.07) is 10.9. The van der Waals surface area contributed by atoms with Crippen molar-refractivity contribution in [2.75, 3.05) is 64.3 Å². The van der Waals surface area contributed by atoms with Crippen LogP contribution in [-0.4, -0.2) is 79.5 Å². The van der Waals surface area contributed by atoms with Gasteiger partial charge in [-0.2, -0.15) is 4.98 Å². The van der Waals surface area contributed by atoms with E-state index in [1.54, 1.807) is 26.6 Å². The maximum atomic E-state index is 13.0. The van der Waals surface area contributed by atoms with Gasteiger partial charge in [-0.1, -0.05) is 17.7 Å². The molecule has 5 rings (SSSR count). The smallest absolute Gasteiger partial charge is 0.229 e. The lowest BCUT2D eigenvalue weighted by atomic mass is 9.93. The van der Waals surface area contributed by atoms with Crippen molar-refractivity contribution in [2.45, 2.75) is 39.2 Å². The predicted octanol–water partition coefficient (Wildman–Crippen LogP) is 6.78. The third-order valence-corrected chi connectivity index (χ3v) is 10.4. The fourth-order valence-electron chi connectivity index (χ4n) is 5.88. The van der Waals surface area contributed by atoms with E-state index >= 15 is 0 Å². The van der Waals surface area contributed by atoms with Gasteiger partial charge < -0.3 is 24.8 Å². The third kappa shape index (κ3) is 7.08. The Morgan fingerprint density at radius 1 is 1.05 bits per heavy atom. The van der Waals surface area contributed by atoms with E-state index in [2.05, 4.69) is 73.5 Å². The quantitative estimate of drug-likeness (QED) is 0.258. The molecule has 2 aliphatic heterocycles. The zero-order valence-electron chi connectivity index (χ0n) is 25.5. The number of aromatic nitrogens is 2. The molecule has 10 heteroatoms. The highest BCUT2D eigenvalue weighted by Crippen LogP contribution is 2.40. The van der Waals surface area contributed by atoms with Crippen LogP contribution >= 0.6 is 23.1 Å². The Hall–Kier alpha value is -2.71. The summed E-state index contributed by atoms with van der Waals surface area (Å²) in [5.41, 5.74) is 6.43. The Kier molecular flexibility index (Phi) is 9.43. The second-order valence-electron chi connectivity index (χ2n) is 11.9. The van der Waals surface area contributed by atoms with E-state index in [1.165, 1.54) is 42.6 Å². The van der Waals surface area contributed by atoms with Crippen LogP contribution in [0.5, 0.6) is 5.75 Å². The number of halogens is 1. The molecule has 1 fully saturated rings. The highest BCUT2D eigenvalue weighted by atomic mass is 79.9. The lowest BCUT2D eigenvalue weighted by Crippen LogP contribution is -2.45. The number of anilines is 4. The van der Waals surface area contributed by atoms with Crippen molar-refractivity contribution in [3.05, 3.63) is 63.8 Å². The minimum atomic E-state index is -2.51. The number of piperidine rings is 1. The first-order valence-electron chi connectivity index (χ1n) is 14.5. The van der Waals surface area contributed by atoms with Crippen LogP contribution < -0.4 is 20.7 Å². The summed E-state index contributed by atoms with van der Waals surface area (Å²) in [4.78, 5) is 14.3. The molecule has 224 valence electrons. The summed E-state index contributed by atoms with van der Waals surface area (Å²) in [5, 5.41) is 7.52. The molecule has 0 atom stereocenters. The first kappa shape index (κ1) is 30.7. The highest BCUT2D eigenvalue weighted by molar-refractivity contribution is 9.10. The van der Waals surface area contributed by atoms with Crippen LogP contribution in [0.25, 0.3) is 5.57 Å². The second-order valence-corrected chi connectivity index (χ2v) is 15.9. The third-order valence-electron chi connectivity index (χ3n) is 8.31. The molecule has 0 spiro atoms. The van der Waals surface area contributed by atoms with Crippen LogP contribution in [0.3, 0.4) is 0 Å². The van der Waals surface area contributed by atoms with Gasteiger partial charge in [0, 0.05) is 30.6 Å². The topological polar surface area (TPSA) is 82.6 Å². The largest absolute Gasteiger partial charge is 0.495 e. The summed E-state index contributed by atoms with van der Waals surface area (Å²) in [5.74, 6) is 1.76.